The summed E-state index contributed by atoms with van der Waals surface area (Å²) in [5.74, 6) is -0.484. The van der Waals surface area contributed by atoms with Crippen LogP contribution in [0.15, 0.2) is 30.6 Å². The van der Waals surface area contributed by atoms with E-state index in [4.69, 9.17) is 0 Å². The highest BCUT2D eigenvalue weighted by Crippen LogP contribution is 2.20. The number of hydrogen-bond acceptors (Lipinski definition) is 3. The van der Waals surface area contributed by atoms with E-state index < -0.39 is 10.0 Å². The van der Waals surface area contributed by atoms with Gasteiger partial charge in [-0.25, -0.2) is 17.8 Å². The molecular weight excluding hydrogens is 281 g/mol. The molecule has 2 aromatic rings. The third-order valence-electron chi connectivity index (χ3n) is 3.40. The summed E-state index contributed by atoms with van der Waals surface area (Å²) < 4.78 is 39.0. The summed E-state index contributed by atoms with van der Waals surface area (Å²) in [6.45, 7) is 0.750. The van der Waals surface area contributed by atoms with Crippen LogP contribution in [-0.4, -0.2) is 29.2 Å². The SMILES string of the molecule is O=S(=O)(Cc1ccc(F)cc1)N1CCc2nc[nH]c2C1. The molecule has 0 saturated carbocycles. The number of hydrogen-bond donors (Lipinski definition) is 1. The van der Waals surface area contributed by atoms with Gasteiger partial charge in [0.2, 0.25) is 10.0 Å². The predicted molar refractivity (Wildman–Crippen MR) is 71.7 cm³/mol. The fourth-order valence-corrected chi connectivity index (χ4v) is 3.80. The average Bonchev–Trinajstić information content (AvgIpc) is 2.88. The van der Waals surface area contributed by atoms with E-state index in [0.717, 1.165) is 11.4 Å². The summed E-state index contributed by atoms with van der Waals surface area (Å²) in [4.78, 5) is 7.11. The van der Waals surface area contributed by atoms with Crippen LogP contribution in [0, 0.1) is 5.82 Å². The van der Waals surface area contributed by atoms with Gasteiger partial charge in [0.25, 0.3) is 0 Å². The van der Waals surface area contributed by atoms with Crippen LogP contribution in [-0.2, 0) is 28.7 Å². The molecule has 0 saturated heterocycles. The molecule has 1 aromatic carbocycles. The Kier molecular flexibility index (Phi) is 3.31. The minimum absolute atomic E-state index is 0.114. The van der Waals surface area contributed by atoms with Crippen molar-refractivity contribution in [2.75, 3.05) is 6.54 Å². The smallest absolute Gasteiger partial charge is 0.218 e. The number of sulfonamides is 1. The van der Waals surface area contributed by atoms with Gasteiger partial charge in [-0.15, -0.1) is 0 Å². The van der Waals surface area contributed by atoms with Crippen LogP contribution in [0.4, 0.5) is 4.39 Å². The van der Waals surface area contributed by atoms with E-state index in [-0.39, 0.29) is 11.6 Å². The molecule has 0 fully saturated rings. The number of nitrogens with one attached hydrogen (secondary N) is 1. The highest BCUT2D eigenvalue weighted by molar-refractivity contribution is 7.88. The zero-order valence-corrected chi connectivity index (χ0v) is 11.5. The highest BCUT2D eigenvalue weighted by atomic mass is 32.2. The lowest BCUT2D eigenvalue weighted by Crippen LogP contribution is -2.36. The number of nitrogens with zero attached hydrogens (tertiary/aromatic N) is 2. The Morgan fingerprint density at radius 3 is 2.80 bits per heavy atom. The Labute approximate surface area is 116 Å². The van der Waals surface area contributed by atoms with Gasteiger partial charge in [-0.3, -0.25) is 0 Å². The first-order chi connectivity index (χ1) is 9.54. The zero-order valence-electron chi connectivity index (χ0n) is 10.7. The van der Waals surface area contributed by atoms with Crippen molar-refractivity contribution in [3.05, 3.63) is 53.4 Å². The molecule has 0 spiro atoms. The number of fused-ring (bicyclic) bond motifs is 1. The van der Waals surface area contributed by atoms with Crippen LogP contribution in [0.1, 0.15) is 17.0 Å². The van der Waals surface area contributed by atoms with Gasteiger partial charge < -0.3 is 4.98 Å². The van der Waals surface area contributed by atoms with E-state index in [1.165, 1.54) is 28.6 Å². The summed E-state index contributed by atoms with van der Waals surface area (Å²) in [6, 6.07) is 5.54. The predicted octanol–water partition coefficient (Wildman–Crippen LogP) is 1.44. The van der Waals surface area contributed by atoms with E-state index in [0.29, 0.717) is 25.1 Å². The van der Waals surface area contributed by atoms with E-state index in [1.54, 1.807) is 6.33 Å². The Morgan fingerprint density at radius 2 is 2.05 bits per heavy atom. The molecule has 0 aliphatic carbocycles. The summed E-state index contributed by atoms with van der Waals surface area (Å²) in [5, 5.41) is 0. The molecule has 1 aromatic heterocycles. The van der Waals surface area contributed by atoms with Gasteiger partial charge >= 0.3 is 0 Å². The first-order valence-corrected chi connectivity index (χ1v) is 7.89. The van der Waals surface area contributed by atoms with Crippen molar-refractivity contribution in [1.82, 2.24) is 14.3 Å². The minimum atomic E-state index is -3.41. The van der Waals surface area contributed by atoms with Gasteiger partial charge in [-0.2, -0.15) is 4.31 Å². The van der Waals surface area contributed by atoms with Gasteiger partial charge in [0.05, 0.1) is 30.0 Å². The van der Waals surface area contributed by atoms with Crippen LogP contribution in [0.5, 0.6) is 0 Å². The highest BCUT2D eigenvalue weighted by Gasteiger charge is 2.28. The first-order valence-electron chi connectivity index (χ1n) is 6.28. The molecule has 5 nitrogen and oxygen atoms in total. The quantitative estimate of drug-likeness (QED) is 0.931. The maximum Gasteiger partial charge on any atom is 0.218 e. The molecule has 106 valence electrons. The lowest BCUT2D eigenvalue weighted by Gasteiger charge is -2.25. The number of aromatic amines is 1. The summed E-state index contributed by atoms with van der Waals surface area (Å²) in [7, 11) is -3.41. The normalized spacial score (nSPS) is 16.1. The van der Waals surface area contributed by atoms with E-state index in [9.17, 15) is 12.8 Å². The molecule has 2 heterocycles. The molecule has 7 heteroatoms. The number of H-pyrrole nitrogens is 1. The second-order valence-electron chi connectivity index (χ2n) is 4.79. The van der Waals surface area contributed by atoms with Gasteiger partial charge in [0, 0.05) is 13.0 Å². The Morgan fingerprint density at radius 1 is 1.30 bits per heavy atom. The number of aromatic nitrogens is 2. The van der Waals surface area contributed by atoms with Crippen molar-refractivity contribution in [3.8, 4) is 0 Å². The monoisotopic (exact) mass is 295 g/mol. The first kappa shape index (κ1) is 13.3. The van der Waals surface area contributed by atoms with E-state index >= 15 is 0 Å². The molecule has 20 heavy (non-hydrogen) atoms. The molecular formula is C13H14FN3O2S. The molecule has 0 amide bonds. The Bertz CT molecular complexity index is 709. The van der Waals surface area contributed by atoms with E-state index in [2.05, 4.69) is 9.97 Å². The van der Waals surface area contributed by atoms with Crippen LogP contribution in [0.3, 0.4) is 0 Å². The average molecular weight is 295 g/mol. The maximum absolute atomic E-state index is 12.8. The topological polar surface area (TPSA) is 66.1 Å². The third kappa shape index (κ3) is 2.59. The van der Waals surface area contributed by atoms with Crippen molar-refractivity contribution in [1.29, 1.82) is 0 Å². The molecule has 0 bridgehead atoms. The van der Waals surface area contributed by atoms with Crippen LogP contribution >= 0.6 is 0 Å². The molecule has 0 unspecified atom stereocenters. The maximum atomic E-state index is 12.8. The Hall–Kier alpha value is -1.73. The molecule has 3 rings (SSSR count). The van der Waals surface area contributed by atoms with Crippen molar-refractivity contribution in [2.24, 2.45) is 0 Å². The zero-order chi connectivity index (χ0) is 14.2. The number of benzene rings is 1. The fraction of sp³-hybridized carbons (Fsp3) is 0.308. The van der Waals surface area contributed by atoms with Crippen molar-refractivity contribution >= 4 is 10.0 Å². The molecule has 1 aliphatic heterocycles. The van der Waals surface area contributed by atoms with Crippen molar-refractivity contribution in [2.45, 2.75) is 18.7 Å². The molecule has 0 radical (unpaired) electrons. The number of rotatable bonds is 3. The number of halogens is 1. The number of imidazole rings is 1. The van der Waals surface area contributed by atoms with Crippen LogP contribution in [0.2, 0.25) is 0 Å². The summed E-state index contributed by atoms with van der Waals surface area (Å²) in [5.41, 5.74) is 2.36. The fourth-order valence-electron chi connectivity index (χ4n) is 2.31. The van der Waals surface area contributed by atoms with Crippen LogP contribution in [0.25, 0.3) is 0 Å². The van der Waals surface area contributed by atoms with Crippen LogP contribution < -0.4 is 0 Å². The van der Waals surface area contributed by atoms with Gasteiger partial charge in [-0.05, 0) is 17.7 Å². The minimum Gasteiger partial charge on any atom is -0.347 e. The molecule has 1 aliphatic rings. The Balaban J connectivity index is 1.77. The second-order valence-corrected chi connectivity index (χ2v) is 6.76. The second kappa shape index (κ2) is 4.99. The lowest BCUT2D eigenvalue weighted by molar-refractivity contribution is 0.385. The third-order valence-corrected chi connectivity index (χ3v) is 5.19. The van der Waals surface area contributed by atoms with Gasteiger partial charge in [0.1, 0.15) is 5.82 Å². The van der Waals surface area contributed by atoms with Crippen molar-refractivity contribution < 1.29 is 12.8 Å². The largest absolute Gasteiger partial charge is 0.347 e. The van der Waals surface area contributed by atoms with E-state index in [1.807, 2.05) is 0 Å². The molecule has 0 atom stereocenters. The lowest BCUT2D eigenvalue weighted by atomic mass is 10.2. The van der Waals surface area contributed by atoms with Gasteiger partial charge in [0.15, 0.2) is 0 Å². The standard InChI is InChI=1S/C13H14FN3O2S/c14-11-3-1-10(2-4-11)8-20(18,19)17-6-5-12-13(7-17)16-9-15-12/h1-4,9H,5-8H2,(H,15,16). The van der Waals surface area contributed by atoms with Gasteiger partial charge in [-0.1, -0.05) is 12.1 Å². The molecule has 1 N–H and O–H groups in total. The summed E-state index contributed by atoms with van der Waals surface area (Å²) in [6.07, 6.45) is 2.20. The summed E-state index contributed by atoms with van der Waals surface area (Å²) >= 11 is 0. The van der Waals surface area contributed by atoms with Crippen molar-refractivity contribution in [3.63, 3.8) is 0 Å².